The minimum absolute atomic E-state index is 0.178. The van der Waals surface area contributed by atoms with Gasteiger partial charge in [0, 0.05) is 14.1 Å². The van der Waals surface area contributed by atoms with Gasteiger partial charge in [-0.05, 0) is 51.0 Å². The van der Waals surface area contributed by atoms with E-state index in [-0.39, 0.29) is 21.5 Å². The van der Waals surface area contributed by atoms with Crippen LogP contribution in [0.25, 0.3) is 21.5 Å². The van der Waals surface area contributed by atoms with E-state index in [0.717, 1.165) is 9.13 Å². The average Bonchev–Trinajstić information content (AvgIpc) is 3.09. The monoisotopic (exact) mass is 410 g/mol. The smallest absolute Gasteiger partial charge is 0.261 e. The molecule has 0 spiro atoms. The third-order valence-corrected chi connectivity index (χ3v) is 4.75. The van der Waals surface area contributed by atoms with Crippen LogP contribution < -0.4 is 22.2 Å². The lowest BCUT2D eigenvalue weighted by Gasteiger charge is -1.94. The lowest BCUT2D eigenvalue weighted by molar-refractivity contribution is 0.854. The van der Waals surface area contributed by atoms with Gasteiger partial charge in [-0.2, -0.15) is 0 Å². The Bertz CT molecular complexity index is 1160. The van der Waals surface area contributed by atoms with Crippen LogP contribution >= 0.6 is 0 Å². The van der Waals surface area contributed by atoms with Gasteiger partial charge in [0.15, 0.2) is 0 Å². The van der Waals surface area contributed by atoms with Crippen molar-refractivity contribution < 1.29 is 0 Å². The maximum absolute atomic E-state index is 11.8. The standard InChI is InChI=1S/C12H8N2O4.C10H16.C2H6/c1-13-9(15)5-3-7-8(4-6(5)10(13)16)12(18)14(2)11(7)17;1-5-7-9(3)10(4)8-6-2;1-2/h3-4H,1-2H3;5-8H,1-4H3;1-2H3/b;7-5-,8-6-,10-9+;. The summed E-state index contributed by atoms with van der Waals surface area (Å²) in [5.74, 6) is 0. The molecule has 0 atom stereocenters. The number of rotatable bonds is 2. The van der Waals surface area contributed by atoms with Gasteiger partial charge in [0.1, 0.15) is 0 Å². The number of hydrogen-bond acceptors (Lipinski definition) is 4. The van der Waals surface area contributed by atoms with Gasteiger partial charge in [0.05, 0.1) is 21.5 Å². The highest BCUT2D eigenvalue weighted by atomic mass is 16.2. The molecule has 30 heavy (non-hydrogen) atoms. The highest BCUT2D eigenvalue weighted by Crippen LogP contribution is 2.13. The lowest BCUT2D eigenvalue weighted by atomic mass is 10.1. The zero-order valence-corrected chi connectivity index (χ0v) is 19.0. The molecule has 0 amide bonds. The Morgan fingerprint density at radius 1 is 0.633 bits per heavy atom. The van der Waals surface area contributed by atoms with Crippen molar-refractivity contribution >= 4 is 21.5 Å². The van der Waals surface area contributed by atoms with Crippen LogP contribution in [0.1, 0.15) is 41.5 Å². The predicted octanol–water partition coefficient (Wildman–Crippen LogP) is 3.49. The van der Waals surface area contributed by atoms with E-state index in [1.54, 1.807) is 0 Å². The van der Waals surface area contributed by atoms with Gasteiger partial charge in [-0.1, -0.05) is 38.2 Å². The second-order valence-corrected chi connectivity index (χ2v) is 6.65. The van der Waals surface area contributed by atoms with E-state index in [1.165, 1.54) is 37.4 Å². The van der Waals surface area contributed by atoms with Gasteiger partial charge in [0.2, 0.25) is 0 Å². The second-order valence-electron chi connectivity index (χ2n) is 6.65. The Hall–Kier alpha value is -3.28. The summed E-state index contributed by atoms with van der Waals surface area (Å²) in [7, 11) is 2.73. The van der Waals surface area contributed by atoms with Crippen molar-refractivity contribution in [3.8, 4) is 0 Å². The maximum Gasteiger partial charge on any atom is 0.261 e. The number of hydrogen-bond donors (Lipinski definition) is 0. The molecule has 0 aliphatic rings. The van der Waals surface area contributed by atoms with Crippen LogP contribution in [0, 0.1) is 0 Å². The van der Waals surface area contributed by atoms with E-state index in [4.69, 9.17) is 0 Å². The highest BCUT2D eigenvalue weighted by Gasteiger charge is 2.16. The van der Waals surface area contributed by atoms with Crippen molar-refractivity contribution in [1.29, 1.82) is 0 Å². The average molecular weight is 411 g/mol. The third kappa shape index (κ3) is 4.64. The lowest BCUT2D eigenvalue weighted by Crippen LogP contribution is -2.21. The van der Waals surface area contributed by atoms with E-state index in [1.807, 2.05) is 27.7 Å². The SMILES string of the molecule is CC.C\C=C/C(C)=C(C)/C=C\C.Cn1c(=O)c2cc3c(=O)n(C)c(=O)c3cc2c1=O. The molecule has 3 rings (SSSR count). The molecule has 0 saturated heterocycles. The minimum atomic E-state index is -0.451. The molecule has 0 N–H and O–H groups in total. The summed E-state index contributed by atoms with van der Waals surface area (Å²) in [6, 6.07) is 2.66. The van der Waals surface area contributed by atoms with Gasteiger partial charge >= 0.3 is 0 Å². The summed E-state index contributed by atoms with van der Waals surface area (Å²) >= 11 is 0. The molecule has 3 aromatic rings. The molecule has 6 nitrogen and oxygen atoms in total. The van der Waals surface area contributed by atoms with E-state index in [2.05, 4.69) is 38.2 Å². The number of benzene rings is 1. The number of aromatic nitrogens is 2. The Labute approximate surface area is 175 Å². The Balaban J connectivity index is 0.000000323. The zero-order chi connectivity index (χ0) is 23.2. The van der Waals surface area contributed by atoms with Crippen LogP contribution in [-0.2, 0) is 14.1 Å². The molecular weight excluding hydrogens is 380 g/mol. The van der Waals surface area contributed by atoms with Gasteiger partial charge in [-0.3, -0.25) is 28.3 Å². The van der Waals surface area contributed by atoms with Crippen molar-refractivity contribution in [3.63, 3.8) is 0 Å². The van der Waals surface area contributed by atoms with E-state index in [0.29, 0.717) is 0 Å². The number of fused-ring (bicyclic) bond motifs is 2. The predicted molar refractivity (Wildman–Crippen MR) is 126 cm³/mol. The van der Waals surface area contributed by atoms with Crippen molar-refractivity contribution in [2.45, 2.75) is 41.5 Å². The molecule has 2 heterocycles. The highest BCUT2D eigenvalue weighted by molar-refractivity contribution is 5.97. The molecule has 0 fully saturated rings. The summed E-state index contributed by atoms with van der Waals surface area (Å²) < 4.78 is 1.94. The first-order valence-electron chi connectivity index (χ1n) is 9.91. The Morgan fingerprint density at radius 3 is 1.07 bits per heavy atom. The van der Waals surface area contributed by atoms with Gasteiger partial charge < -0.3 is 0 Å². The summed E-state index contributed by atoms with van der Waals surface area (Å²) in [6.07, 6.45) is 8.36. The summed E-state index contributed by atoms with van der Waals surface area (Å²) in [5.41, 5.74) is 0.863. The third-order valence-electron chi connectivity index (χ3n) is 4.75. The molecule has 0 saturated carbocycles. The van der Waals surface area contributed by atoms with Crippen molar-refractivity contribution in [2.24, 2.45) is 14.1 Å². The maximum atomic E-state index is 11.8. The van der Waals surface area contributed by atoms with E-state index < -0.39 is 22.2 Å². The largest absolute Gasteiger partial charge is 0.277 e. The molecular formula is C24H30N2O4. The quantitative estimate of drug-likeness (QED) is 0.606. The van der Waals surface area contributed by atoms with Crippen LogP contribution in [-0.4, -0.2) is 9.13 Å². The molecule has 0 unspecified atom stereocenters. The van der Waals surface area contributed by atoms with E-state index >= 15 is 0 Å². The number of nitrogens with zero attached hydrogens (tertiary/aromatic N) is 2. The van der Waals surface area contributed by atoms with Crippen molar-refractivity contribution in [3.05, 3.63) is 89.0 Å². The normalized spacial score (nSPS) is 12.1. The molecule has 160 valence electrons. The van der Waals surface area contributed by atoms with Crippen molar-refractivity contribution in [1.82, 2.24) is 9.13 Å². The first kappa shape index (κ1) is 24.8. The number of allylic oxidation sites excluding steroid dienone is 6. The topological polar surface area (TPSA) is 78.1 Å². The van der Waals surface area contributed by atoms with Crippen LogP contribution in [0.2, 0.25) is 0 Å². The van der Waals surface area contributed by atoms with Crippen LogP contribution in [0.15, 0.2) is 66.8 Å². The fraction of sp³-hybridized carbons (Fsp3) is 0.333. The van der Waals surface area contributed by atoms with Gasteiger partial charge in [-0.25, -0.2) is 0 Å². The van der Waals surface area contributed by atoms with Crippen molar-refractivity contribution in [2.75, 3.05) is 0 Å². The second kappa shape index (κ2) is 10.5. The summed E-state index contributed by atoms with van der Waals surface area (Å²) in [5, 5.41) is 0.714. The van der Waals surface area contributed by atoms with Gasteiger partial charge in [-0.15, -0.1) is 0 Å². The minimum Gasteiger partial charge on any atom is -0.277 e. The molecule has 1 aromatic carbocycles. The molecule has 6 heteroatoms. The summed E-state index contributed by atoms with van der Waals surface area (Å²) in [6.45, 7) is 12.3. The van der Waals surface area contributed by atoms with Crippen LogP contribution in [0.3, 0.4) is 0 Å². The zero-order valence-electron chi connectivity index (χ0n) is 19.0. The first-order chi connectivity index (χ1) is 14.1. The summed E-state index contributed by atoms with van der Waals surface area (Å²) in [4.78, 5) is 47.1. The van der Waals surface area contributed by atoms with Crippen LogP contribution in [0.5, 0.6) is 0 Å². The van der Waals surface area contributed by atoms with Crippen LogP contribution in [0.4, 0.5) is 0 Å². The molecule has 0 radical (unpaired) electrons. The Kier molecular flexibility index (Phi) is 8.65. The Morgan fingerprint density at radius 2 is 0.867 bits per heavy atom. The van der Waals surface area contributed by atoms with Gasteiger partial charge in [0.25, 0.3) is 22.2 Å². The molecule has 0 bridgehead atoms. The molecule has 0 aliphatic carbocycles. The molecule has 2 aromatic heterocycles. The first-order valence-corrected chi connectivity index (χ1v) is 9.91. The molecule has 0 aliphatic heterocycles. The fourth-order valence-corrected chi connectivity index (χ4v) is 2.98. The fourth-order valence-electron chi connectivity index (χ4n) is 2.98. The van der Waals surface area contributed by atoms with E-state index in [9.17, 15) is 19.2 Å².